The lowest BCUT2D eigenvalue weighted by atomic mass is 10.0. The van der Waals surface area contributed by atoms with E-state index in [0.29, 0.717) is 16.7 Å². The predicted octanol–water partition coefficient (Wildman–Crippen LogP) is 18.3. The van der Waals surface area contributed by atoms with Crippen molar-refractivity contribution in [1.82, 2.24) is 4.57 Å². The van der Waals surface area contributed by atoms with Gasteiger partial charge in [-0.25, -0.2) is 0 Å². The zero-order chi connectivity index (χ0) is 51.1. The molecule has 7 nitrogen and oxygen atoms in total. The Balaban J connectivity index is 1.08. The van der Waals surface area contributed by atoms with Gasteiger partial charge in [-0.3, -0.25) is 0 Å². The van der Waals surface area contributed by atoms with Gasteiger partial charge in [-0.05, 0) is 144 Å². The van der Waals surface area contributed by atoms with Gasteiger partial charge in [0.2, 0.25) is 0 Å². The van der Waals surface area contributed by atoms with Gasteiger partial charge >= 0.3 is 0 Å². The van der Waals surface area contributed by atoms with E-state index in [1.165, 1.54) is 0 Å². The highest BCUT2D eigenvalue weighted by atomic mass is 15.2. The molecule has 13 rings (SSSR count). The van der Waals surface area contributed by atoms with Crippen LogP contribution < -0.4 is 14.7 Å². The van der Waals surface area contributed by atoms with Crippen LogP contribution in [0.2, 0.25) is 0 Å². The summed E-state index contributed by atoms with van der Waals surface area (Å²) in [6.45, 7) is 0. The van der Waals surface area contributed by atoms with Gasteiger partial charge in [0, 0.05) is 66.7 Å². The average Bonchev–Trinajstić information content (AvgIpc) is 3.85. The molecule has 0 N–H and O–H groups in total. The van der Waals surface area contributed by atoms with Crippen molar-refractivity contribution < 1.29 is 0 Å². The fourth-order valence-electron chi connectivity index (χ4n) is 11.0. The van der Waals surface area contributed by atoms with Crippen molar-refractivity contribution in [3.8, 4) is 23.9 Å². The fourth-order valence-corrected chi connectivity index (χ4v) is 11.0. The Bertz CT molecular complexity index is 4350. The number of aromatic nitrogens is 1. The predicted molar refractivity (Wildman–Crippen MR) is 311 cm³/mol. The first-order valence-electron chi connectivity index (χ1n) is 25.1. The number of rotatable bonds is 10. The van der Waals surface area contributed by atoms with Gasteiger partial charge in [0.05, 0.1) is 63.0 Å². The first-order chi connectivity index (χ1) is 37.5. The minimum absolute atomic E-state index is 0.566. The van der Waals surface area contributed by atoms with E-state index in [-0.39, 0.29) is 0 Å². The van der Waals surface area contributed by atoms with E-state index in [9.17, 15) is 15.8 Å². The average molecular weight is 970 g/mol. The highest BCUT2D eigenvalue weighted by molar-refractivity contribution is 6.13. The SMILES string of the molecule is N#Cc1cccc(N(c2cccc(-n3c4ccc(N(c5cccc(C#N)c5)c5cccc6ccccc56)cc4c4cc(N(c5cccc(C#N)c5)c5cccc6ccccc56)ccc43)c2)c2cccc3ccccc23)c1. The molecule has 1 heterocycles. The molecule has 0 atom stereocenters. The second kappa shape index (κ2) is 18.9. The quantitative estimate of drug-likeness (QED) is 0.136. The van der Waals surface area contributed by atoms with Crippen LogP contribution >= 0.6 is 0 Å². The number of hydrogen-bond acceptors (Lipinski definition) is 6. The van der Waals surface area contributed by atoms with E-state index in [4.69, 9.17) is 0 Å². The molecular weight excluding hydrogens is 927 g/mol. The van der Waals surface area contributed by atoms with Crippen molar-refractivity contribution in [2.75, 3.05) is 14.7 Å². The molecule has 0 fully saturated rings. The van der Waals surface area contributed by atoms with Crippen LogP contribution in [0.25, 0.3) is 59.8 Å². The van der Waals surface area contributed by atoms with Crippen LogP contribution in [0.3, 0.4) is 0 Å². The van der Waals surface area contributed by atoms with Crippen LogP contribution in [-0.4, -0.2) is 4.57 Å². The van der Waals surface area contributed by atoms with Gasteiger partial charge in [0.25, 0.3) is 0 Å². The molecule has 76 heavy (non-hydrogen) atoms. The van der Waals surface area contributed by atoms with Crippen LogP contribution in [0, 0.1) is 34.0 Å². The van der Waals surface area contributed by atoms with Crippen molar-refractivity contribution in [2.24, 2.45) is 0 Å². The summed E-state index contributed by atoms with van der Waals surface area (Å²) in [5, 5.41) is 39.1. The Morgan fingerprint density at radius 3 is 0.961 bits per heavy atom. The van der Waals surface area contributed by atoms with Crippen LogP contribution in [0.1, 0.15) is 16.7 Å². The second-order valence-corrected chi connectivity index (χ2v) is 18.7. The number of hydrogen-bond donors (Lipinski definition) is 0. The first-order valence-corrected chi connectivity index (χ1v) is 25.1. The van der Waals surface area contributed by atoms with Gasteiger partial charge in [-0.2, -0.15) is 15.8 Å². The molecule has 0 bridgehead atoms. The van der Waals surface area contributed by atoms with Gasteiger partial charge < -0.3 is 19.3 Å². The normalized spacial score (nSPS) is 11.1. The van der Waals surface area contributed by atoms with E-state index in [1.54, 1.807) is 0 Å². The van der Waals surface area contributed by atoms with Gasteiger partial charge in [0.1, 0.15) is 0 Å². The second-order valence-electron chi connectivity index (χ2n) is 18.7. The monoisotopic (exact) mass is 969 g/mol. The third-order valence-corrected chi connectivity index (χ3v) is 14.3. The number of benzene rings is 12. The molecule has 7 heteroatoms. The third-order valence-electron chi connectivity index (χ3n) is 14.3. The molecule has 354 valence electrons. The fraction of sp³-hybridized carbons (Fsp3) is 0. The molecule has 1 aromatic heterocycles. The molecule has 12 aromatic carbocycles. The summed E-state index contributed by atoms with van der Waals surface area (Å²) in [5.74, 6) is 0. The number of anilines is 9. The minimum atomic E-state index is 0.566. The molecular formula is C69H43N7. The van der Waals surface area contributed by atoms with Crippen LogP contribution in [0.5, 0.6) is 0 Å². The van der Waals surface area contributed by atoms with Crippen LogP contribution in [-0.2, 0) is 0 Å². The van der Waals surface area contributed by atoms with Gasteiger partial charge in [-0.15, -0.1) is 0 Å². The van der Waals surface area contributed by atoms with Crippen LogP contribution in [0.4, 0.5) is 51.2 Å². The van der Waals surface area contributed by atoms with Crippen molar-refractivity contribution in [1.29, 1.82) is 15.8 Å². The summed E-state index contributed by atoms with van der Waals surface area (Å²) in [7, 11) is 0. The van der Waals surface area contributed by atoms with Crippen molar-refractivity contribution in [3.05, 3.63) is 278 Å². The number of nitriles is 3. The molecule has 0 saturated carbocycles. The Hall–Kier alpha value is -10.9. The van der Waals surface area contributed by atoms with E-state index in [0.717, 1.165) is 111 Å². The standard InChI is InChI=1S/C69H43N7/c70-44-47-14-7-23-53(38-47)73(65-31-10-20-50-17-1-4-28-60(50)65)56-26-13-27-57(41-56)76-68-36-34-58(74(54-24-8-15-48(39-54)45-71)66-32-11-21-51-18-2-5-29-61(51)66)42-63(68)64-43-59(35-37-69(64)76)75(55-25-9-16-49(40-55)46-72)67-33-12-22-52-19-3-6-30-62(52)67/h1-43H. The van der Waals surface area contributed by atoms with E-state index >= 15 is 0 Å². The maximum Gasteiger partial charge on any atom is 0.0992 e. The Kier molecular flexibility index (Phi) is 11.2. The smallest absolute Gasteiger partial charge is 0.0992 e. The Morgan fingerprint density at radius 2 is 0.579 bits per heavy atom. The zero-order valence-electron chi connectivity index (χ0n) is 41.0. The van der Waals surface area contributed by atoms with Crippen LogP contribution in [0.15, 0.2) is 261 Å². The number of fused-ring (bicyclic) bond motifs is 6. The number of nitrogens with zero attached hydrogens (tertiary/aromatic N) is 7. The lowest BCUT2D eigenvalue weighted by molar-refractivity contribution is 1.17. The van der Waals surface area contributed by atoms with Gasteiger partial charge in [-0.1, -0.05) is 133 Å². The highest BCUT2D eigenvalue weighted by Crippen LogP contribution is 2.47. The summed E-state index contributed by atoms with van der Waals surface area (Å²) in [5.41, 5.74) is 12.9. The summed E-state index contributed by atoms with van der Waals surface area (Å²) in [6, 6.07) is 96.7. The lowest BCUT2D eigenvalue weighted by Gasteiger charge is -2.28. The van der Waals surface area contributed by atoms with Crippen molar-refractivity contribution >= 4 is 105 Å². The molecule has 0 radical (unpaired) electrons. The lowest BCUT2D eigenvalue weighted by Crippen LogP contribution is -2.11. The first kappa shape index (κ1) is 45.0. The summed E-state index contributed by atoms with van der Waals surface area (Å²) in [4.78, 5) is 6.75. The van der Waals surface area contributed by atoms with E-state index < -0.39 is 0 Å². The van der Waals surface area contributed by atoms with Gasteiger partial charge in [0.15, 0.2) is 0 Å². The van der Waals surface area contributed by atoms with E-state index in [1.807, 2.05) is 54.6 Å². The zero-order valence-corrected chi connectivity index (χ0v) is 41.0. The molecule has 13 aromatic rings. The molecule has 0 amide bonds. The molecule has 0 unspecified atom stereocenters. The molecule has 0 aliphatic rings. The summed E-state index contributed by atoms with van der Waals surface area (Å²) >= 11 is 0. The molecule has 0 spiro atoms. The highest BCUT2D eigenvalue weighted by Gasteiger charge is 2.24. The minimum Gasteiger partial charge on any atom is -0.310 e. The largest absolute Gasteiger partial charge is 0.310 e. The summed E-state index contributed by atoms with van der Waals surface area (Å²) < 4.78 is 2.34. The topological polar surface area (TPSA) is 86.0 Å². The molecule has 0 aliphatic heterocycles. The Labute approximate surface area is 439 Å². The third kappa shape index (κ3) is 7.84. The molecule has 0 aliphatic carbocycles. The van der Waals surface area contributed by atoms with E-state index in [2.05, 4.69) is 244 Å². The van der Waals surface area contributed by atoms with Crippen molar-refractivity contribution in [3.63, 3.8) is 0 Å². The van der Waals surface area contributed by atoms with Crippen molar-refractivity contribution in [2.45, 2.75) is 0 Å². The maximum atomic E-state index is 10.2. The Morgan fingerprint density at radius 1 is 0.263 bits per heavy atom. The molecule has 0 saturated heterocycles. The summed E-state index contributed by atoms with van der Waals surface area (Å²) in [6.07, 6.45) is 0. The maximum absolute atomic E-state index is 10.2.